The zero-order valence-corrected chi connectivity index (χ0v) is 9.89. The van der Waals surface area contributed by atoms with Crippen LogP contribution in [-0.4, -0.2) is 23.1 Å². The van der Waals surface area contributed by atoms with E-state index in [-0.39, 0.29) is 9.79 Å². The Morgan fingerprint density at radius 2 is 1.67 bits per heavy atom. The maximum atomic E-state index is 11.3. The summed E-state index contributed by atoms with van der Waals surface area (Å²) < 4.78 is 44.6. The first-order valence-electron chi connectivity index (χ1n) is 3.96. The second-order valence-corrected chi connectivity index (χ2v) is 6.79. The molecule has 0 radical (unpaired) electrons. The molecule has 1 aromatic carbocycles. The van der Waals surface area contributed by atoms with E-state index in [1.54, 1.807) is 6.92 Å². The molecule has 0 saturated carbocycles. The van der Waals surface area contributed by atoms with Crippen molar-refractivity contribution in [3.8, 4) is 0 Å². The topological polar surface area (TPSA) is 94.3 Å². The Kier molecular flexibility index (Phi) is 2.90. The van der Waals surface area contributed by atoms with Gasteiger partial charge >= 0.3 is 0 Å². The van der Waals surface area contributed by atoms with Gasteiger partial charge in [-0.1, -0.05) is 6.07 Å². The molecular formula is C8H11NO4S2. The van der Waals surface area contributed by atoms with Gasteiger partial charge in [0.05, 0.1) is 9.79 Å². The molecule has 0 atom stereocenters. The lowest BCUT2D eigenvalue weighted by Crippen LogP contribution is -2.13. The van der Waals surface area contributed by atoms with Gasteiger partial charge in [0.25, 0.3) is 0 Å². The SMILES string of the molecule is Cc1ccc(S(N)(=O)=O)cc1S(C)(=O)=O. The van der Waals surface area contributed by atoms with E-state index < -0.39 is 19.9 Å². The Hall–Kier alpha value is -0.920. The summed E-state index contributed by atoms with van der Waals surface area (Å²) >= 11 is 0. The van der Waals surface area contributed by atoms with Gasteiger partial charge in [0, 0.05) is 6.26 Å². The summed E-state index contributed by atoms with van der Waals surface area (Å²) in [5.74, 6) is 0. The lowest BCUT2D eigenvalue weighted by atomic mass is 10.2. The maximum absolute atomic E-state index is 11.3. The Labute approximate surface area is 88.9 Å². The first kappa shape index (κ1) is 12.2. The smallest absolute Gasteiger partial charge is 0.225 e. The minimum Gasteiger partial charge on any atom is -0.225 e. The van der Waals surface area contributed by atoms with Gasteiger partial charge in [0.15, 0.2) is 9.84 Å². The molecule has 0 saturated heterocycles. The van der Waals surface area contributed by atoms with E-state index in [0.29, 0.717) is 5.56 Å². The summed E-state index contributed by atoms with van der Waals surface area (Å²) in [6, 6.07) is 3.76. The largest absolute Gasteiger partial charge is 0.238 e. The number of rotatable bonds is 2. The van der Waals surface area contributed by atoms with Crippen molar-refractivity contribution in [1.29, 1.82) is 0 Å². The normalized spacial score (nSPS) is 12.7. The highest BCUT2D eigenvalue weighted by Gasteiger charge is 2.15. The van der Waals surface area contributed by atoms with Gasteiger partial charge in [-0.2, -0.15) is 0 Å². The van der Waals surface area contributed by atoms with Crippen LogP contribution in [0.2, 0.25) is 0 Å². The van der Waals surface area contributed by atoms with Gasteiger partial charge in [-0.25, -0.2) is 22.0 Å². The summed E-state index contributed by atoms with van der Waals surface area (Å²) in [7, 11) is -7.30. The standard InChI is InChI=1S/C8H11NO4S2/c1-6-3-4-7(15(9,12)13)5-8(6)14(2,10)11/h3-5H,1-2H3,(H2,9,12,13). The van der Waals surface area contributed by atoms with Gasteiger partial charge in [-0.15, -0.1) is 0 Å². The second-order valence-electron chi connectivity index (χ2n) is 3.24. The molecule has 0 aromatic heterocycles. The summed E-state index contributed by atoms with van der Waals surface area (Å²) in [6.07, 6.45) is 1.02. The van der Waals surface area contributed by atoms with Crippen LogP contribution >= 0.6 is 0 Å². The number of nitrogens with two attached hydrogens (primary N) is 1. The zero-order chi connectivity index (χ0) is 11.9. The summed E-state index contributed by atoms with van der Waals surface area (Å²) in [6.45, 7) is 1.59. The number of hydrogen-bond donors (Lipinski definition) is 1. The molecule has 0 unspecified atom stereocenters. The monoisotopic (exact) mass is 249 g/mol. The van der Waals surface area contributed by atoms with Crippen molar-refractivity contribution in [3.63, 3.8) is 0 Å². The van der Waals surface area contributed by atoms with Gasteiger partial charge in [0.1, 0.15) is 0 Å². The van der Waals surface area contributed by atoms with Gasteiger partial charge in [0.2, 0.25) is 10.0 Å². The fourth-order valence-corrected chi connectivity index (χ4v) is 2.77. The van der Waals surface area contributed by atoms with Crippen LogP contribution in [0.3, 0.4) is 0 Å². The molecule has 0 bridgehead atoms. The first-order valence-corrected chi connectivity index (χ1v) is 7.39. The molecule has 0 aliphatic carbocycles. The van der Waals surface area contributed by atoms with Crippen LogP contribution in [0.25, 0.3) is 0 Å². The van der Waals surface area contributed by atoms with Crippen LogP contribution in [-0.2, 0) is 19.9 Å². The van der Waals surface area contributed by atoms with E-state index in [1.807, 2.05) is 0 Å². The molecule has 0 spiro atoms. The molecule has 2 N–H and O–H groups in total. The van der Waals surface area contributed by atoms with Crippen molar-refractivity contribution in [1.82, 2.24) is 0 Å². The van der Waals surface area contributed by atoms with Crippen molar-refractivity contribution in [2.24, 2.45) is 5.14 Å². The Morgan fingerprint density at radius 1 is 1.13 bits per heavy atom. The van der Waals surface area contributed by atoms with E-state index in [4.69, 9.17) is 5.14 Å². The third kappa shape index (κ3) is 2.77. The fourth-order valence-electron chi connectivity index (χ4n) is 1.16. The highest BCUT2D eigenvalue weighted by molar-refractivity contribution is 7.91. The van der Waals surface area contributed by atoms with Gasteiger partial charge in [-0.3, -0.25) is 0 Å². The van der Waals surface area contributed by atoms with Crippen LogP contribution in [0.1, 0.15) is 5.56 Å². The molecule has 15 heavy (non-hydrogen) atoms. The summed E-state index contributed by atoms with van der Waals surface area (Å²) in [5, 5.41) is 4.90. The number of sulfonamides is 1. The van der Waals surface area contributed by atoms with Crippen LogP contribution < -0.4 is 5.14 Å². The quantitative estimate of drug-likeness (QED) is 0.801. The van der Waals surface area contributed by atoms with Crippen LogP contribution in [0.4, 0.5) is 0 Å². The summed E-state index contributed by atoms with van der Waals surface area (Å²) in [5.41, 5.74) is 0.491. The molecule has 0 fully saturated rings. The third-order valence-corrected chi connectivity index (χ3v) is 4.04. The van der Waals surface area contributed by atoms with Crippen LogP contribution in [0, 0.1) is 6.92 Å². The molecule has 0 heterocycles. The Balaban J connectivity index is 3.57. The Bertz CT molecular complexity index is 587. The molecule has 7 heteroatoms. The molecular weight excluding hydrogens is 238 g/mol. The number of primary sulfonamides is 1. The van der Waals surface area contributed by atoms with Crippen molar-refractivity contribution >= 4 is 19.9 Å². The van der Waals surface area contributed by atoms with E-state index in [2.05, 4.69) is 0 Å². The lowest BCUT2D eigenvalue weighted by Gasteiger charge is -2.05. The highest BCUT2D eigenvalue weighted by Crippen LogP contribution is 2.18. The van der Waals surface area contributed by atoms with E-state index >= 15 is 0 Å². The van der Waals surface area contributed by atoms with Gasteiger partial charge in [-0.05, 0) is 24.6 Å². The van der Waals surface area contributed by atoms with Crippen LogP contribution in [0.15, 0.2) is 28.0 Å². The average molecular weight is 249 g/mol. The second kappa shape index (κ2) is 3.58. The third-order valence-electron chi connectivity index (χ3n) is 1.89. The predicted molar refractivity (Wildman–Crippen MR) is 55.7 cm³/mol. The highest BCUT2D eigenvalue weighted by atomic mass is 32.2. The molecule has 0 amide bonds. The predicted octanol–water partition coefficient (Wildman–Crippen LogP) is 0.0459. The van der Waals surface area contributed by atoms with Crippen molar-refractivity contribution in [2.45, 2.75) is 16.7 Å². The molecule has 5 nitrogen and oxygen atoms in total. The van der Waals surface area contributed by atoms with Crippen LogP contribution in [0.5, 0.6) is 0 Å². The number of hydrogen-bond acceptors (Lipinski definition) is 4. The number of sulfone groups is 1. The molecule has 0 aliphatic heterocycles. The number of benzene rings is 1. The van der Waals surface area contributed by atoms with Crippen molar-refractivity contribution < 1.29 is 16.8 Å². The average Bonchev–Trinajstić information content (AvgIpc) is 2.00. The molecule has 1 rings (SSSR count). The minimum atomic E-state index is -3.87. The number of aryl methyl sites for hydroxylation is 1. The van der Waals surface area contributed by atoms with Crippen molar-refractivity contribution in [2.75, 3.05) is 6.26 Å². The van der Waals surface area contributed by atoms with E-state index in [9.17, 15) is 16.8 Å². The molecule has 0 aliphatic rings. The van der Waals surface area contributed by atoms with E-state index in [1.165, 1.54) is 12.1 Å². The Morgan fingerprint density at radius 3 is 2.07 bits per heavy atom. The van der Waals surface area contributed by atoms with Crippen molar-refractivity contribution in [3.05, 3.63) is 23.8 Å². The maximum Gasteiger partial charge on any atom is 0.238 e. The zero-order valence-electron chi connectivity index (χ0n) is 8.26. The fraction of sp³-hybridized carbons (Fsp3) is 0.250. The minimum absolute atomic E-state index is 0.0194. The lowest BCUT2D eigenvalue weighted by molar-refractivity contribution is 0.597. The first-order chi connectivity index (χ1) is 6.62. The summed E-state index contributed by atoms with van der Waals surface area (Å²) in [4.78, 5) is -0.220. The van der Waals surface area contributed by atoms with E-state index in [0.717, 1.165) is 12.3 Å². The molecule has 1 aromatic rings. The van der Waals surface area contributed by atoms with Gasteiger partial charge < -0.3 is 0 Å². The molecule has 84 valence electrons.